The number of allylic oxidation sites excluding steroid dienone is 14. The number of rotatable bonds is 31. The average molecular weight is 691 g/mol. The van der Waals surface area contributed by atoms with E-state index in [-0.39, 0.29) is 19.4 Å². The highest BCUT2D eigenvalue weighted by atomic mass is 31.2. The second-order valence-electron chi connectivity index (χ2n) is 11.4. The first kappa shape index (κ1) is 45.2. The fourth-order valence-corrected chi connectivity index (χ4v) is 4.68. The van der Waals surface area contributed by atoms with Crippen LogP contribution >= 0.6 is 7.82 Å². The fraction of sp³-hybridized carbons (Fsp3) is 0.590. The monoisotopic (exact) mass is 690 g/mol. The van der Waals surface area contributed by atoms with Crippen LogP contribution in [0.3, 0.4) is 0 Å². The Bertz CT molecular complexity index is 1050. The van der Waals surface area contributed by atoms with Gasteiger partial charge in [-0.25, -0.2) is 4.57 Å². The molecule has 0 aliphatic carbocycles. The molecule has 0 saturated carbocycles. The Hall–Kier alpha value is -2.77. The van der Waals surface area contributed by atoms with Crippen LogP contribution in [0.4, 0.5) is 0 Å². The van der Waals surface area contributed by atoms with Gasteiger partial charge in [0.1, 0.15) is 6.61 Å². The molecule has 0 heterocycles. The van der Waals surface area contributed by atoms with E-state index in [2.05, 4.69) is 103 Å². The quantitative estimate of drug-likeness (QED) is 0.0319. The van der Waals surface area contributed by atoms with E-state index in [0.717, 1.165) is 89.9 Å². The van der Waals surface area contributed by atoms with E-state index in [1.807, 2.05) is 0 Å². The summed E-state index contributed by atoms with van der Waals surface area (Å²) in [6, 6.07) is 0. The maximum Gasteiger partial charge on any atom is 0.469 e. The molecule has 8 nitrogen and oxygen atoms in total. The third kappa shape index (κ3) is 36.1. The van der Waals surface area contributed by atoms with Crippen LogP contribution in [0.25, 0.3) is 0 Å². The lowest BCUT2D eigenvalue weighted by Crippen LogP contribution is -2.29. The molecule has 0 aromatic rings. The lowest BCUT2D eigenvalue weighted by Gasteiger charge is -2.18. The number of carbonyl (C=O) groups excluding carboxylic acids is 2. The van der Waals surface area contributed by atoms with Gasteiger partial charge in [0, 0.05) is 12.8 Å². The van der Waals surface area contributed by atoms with Gasteiger partial charge in [0.2, 0.25) is 0 Å². The van der Waals surface area contributed by atoms with Crippen molar-refractivity contribution in [1.29, 1.82) is 0 Å². The van der Waals surface area contributed by atoms with Crippen LogP contribution < -0.4 is 0 Å². The van der Waals surface area contributed by atoms with E-state index in [9.17, 15) is 14.2 Å². The molecular formula is C39H63O8P. The summed E-state index contributed by atoms with van der Waals surface area (Å²) in [6.45, 7) is 3.38. The minimum atomic E-state index is -4.77. The number of phosphoric acid groups is 1. The maximum atomic E-state index is 12.3. The van der Waals surface area contributed by atoms with Gasteiger partial charge in [-0.15, -0.1) is 0 Å². The smallest absolute Gasteiger partial charge is 0.462 e. The van der Waals surface area contributed by atoms with Gasteiger partial charge >= 0.3 is 19.8 Å². The van der Waals surface area contributed by atoms with Crippen LogP contribution in [-0.4, -0.2) is 41.0 Å². The van der Waals surface area contributed by atoms with Crippen LogP contribution in [0.2, 0.25) is 0 Å². The van der Waals surface area contributed by atoms with Crippen molar-refractivity contribution in [2.75, 3.05) is 13.2 Å². The predicted octanol–water partition coefficient (Wildman–Crippen LogP) is 10.5. The summed E-state index contributed by atoms with van der Waals surface area (Å²) in [7, 11) is -4.77. The standard InChI is InChI=1S/C39H63O8P/c1-3-5-7-9-11-13-15-17-19-21-23-25-27-29-31-33-38(40)45-35-37(36-46-48(42,43)44)47-39(41)34-32-30-28-26-24-22-20-18-16-14-12-10-8-6-4-2/h5-8,11-14,17-20,24,26,37H,3-4,9-10,15-16,21-23,25,27-36H2,1-2H3,(H2,42,43,44)/b7-5-,8-6-,13-11-,14-12-,19-17-,20-18-,26-24-/t37-/m1/s1. The summed E-state index contributed by atoms with van der Waals surface area (Å²) in [5.41, 5.74) is 0. The van der Waals surface area contributed by atoms with Crippen molar-refractivity contribution in [3.63, 3.8) is 0 Å². The van der Waals surface area contributed by atoms with E-state index in [1.165, 1.54) is 0 Å². The SMILES string of the molecule is CC/C=C\C/C=C\C/C=C\C/C=C\CCCCC(=O)O[C@H](COC(=O)CCCCCCC/C=C\C/C=C\C/C=C\CC)COP(=O)(O)O. The molecule has 0 radical (unpaired) electrons. The van der Waals surface area contributed by atoms with Gasteiger partial charge in [0.25, 0.3) is 0 Å². The van der Waals surface area contributed by atoms with Crippen molar-refractivity contribution in [2.24, 2.45) is 0 Å². The Morgan fingerprint density at radius 2 is 0.938 bits per heavy atom. The van der Waals surface area contributed by atoms with E-state index < -0.39 is 32.5 Å². The largest absolute Gasteiger partial charge is 0.469 e. The highest BCUT2D eigenvalue weighted by molar-refractivity contribution is 7.46. The van der Waals surface area contributed by atoms with Gasteiger partial charge in [-0.3, -0.25) is 14.1 Å². The Morgan fingerprint density at radius 3 is 1.44 bits per heavy atom. The number of carbonyl (C=O) groups is 2. The first-order valence-electron chi connectivity index (χ1n) is 17.9. The maximum absolute atomic E-state index is 12.3. The molecule has 0 fully saturated rings. The first-order valence-corrected chi connectivity index (χ1v) is 19.4. The third-order valence-electron chi connectivity index (χ3n) is 6.91. The topological polar surface area (TPSA) is 119 Å². The zero-order valence-corrected chi connectivity index (χ0v) is 30.5. The van der Waals surface area contributed by atoms with Gasteiger partial charge in [0.05, 0.1) is 6.61 Å². The lowest BCUT2D eigenvalue weighted by molar-refractivity contribution is -0.161. The van der Waals surface area contributed by atoms with E-state index in [0.29, 0.717) is 12.8 Å². The van der Waals surface area contributed by atoms with Crippen LogP contribution in [0.1, 0.15) is 129 Å². The molecule has 0 aliphatic rings. The van der Waals surface area contributed by atoms with E-state index in [4.69, 9.17) is 19.3 Å². The number of hydrogen-bond acceptors (Lipinski definition) is 6. The molecule has 0 saturated heterocycles. The molecule has 0 spiro atoms. The van der Waals surface area contributed by atoms with Gasteiger partial charge in [-0.2, -0.15) is 0 Å². The highest BCUT2D eigenvalue weighted by Crippen LogP contribution is 2.35. The number of phosphoric ester groups is 1. The van der Waals surface area contributed by atoms with Crippen molar-refractivity contribution in [2.45, 2.75) is 136 Å². The molecule has 272 valence electrons. The Balaban J connectivity index is 4.12. The second-order valence-corrected chi connectivity index (χ2v) is 12.7. The molecule has 9 heteroatoms. The molecule has 0 unspecified atom stereocenters. The lowest BCUT2D eigenvalue weighted by atomic mass is 10.1. The van der Waals surface area contributed by atoms with Crippen LogP contribution in [0.5, 0.6) is 0 Å². The highest BCUT2D eigenvalue weighted by Gasteiger charge is 2.22. The molecule has 0 bridgehead atoms. The molecule has 0 amide bonds. The number of esters is 2. The van der Waals surface area contributed by atoms with Gasteiger partial charge < -0.3 is 19.3 Å². The zero-order chi connectivity index (χ0) is 35.4. The summed E-state index contributed by atoms with van der Waals surface area (Å²) >= 11 is 0. The molecule has 0 aliphatic heterocycles. The molecule has 48 heavy (non-hydrogen) atoms. The predicted molar refractivity (Wildman–Crippen MR) is 197 cm³/mol. The van der Waals surface area contributed by atoms with Crippen LogP contribution in [0.15, 0.2) is 85.1 Å². The van der Waals surface area contributed by atoms with Crippen molar-refractivity contribution in [3.05, 3.63) is 85.1 Å². The summed E-state index contributed by atoms with van der Waals surface area (Å²) in [6.07, 6.45) is 44.5. The first-order chi connectivity index (χ1) is 23.3. The summed E-state index contributed by atoms with van der Waals surface area (Å²) in [5, 5.41) is 0. The van der Waals surface area contributed by atoms with E-state index >= 15 is 0 Å². The van der Waals surface area contributed by atoms with Crippen LogP contribution in [-0.2, 0) is 28.2 Å². The zero-order valence-electron chi connectivity index (χ0n) is 29.6. The summed E-state index contributed by atoms with van der Waals surface area (Å²) in [5.74, 6) is -0.965. The molecule has 1 atom stereocenters. The summed E-state index contributed by atoms with van der Waals surface area (Å²) in [4.78, 5) is 42.6. The van der Waals surface area contributed by atoms with Gasteiger partial charge in [-0.1, -0.05) is 118 Å². The Morgan fingerprint density at radius 1 is 0.542 bits per heavy atom. The fourth-order valence-electron chi connectivity index (χ4n) is 4.32. The van der Waals surface area contributed by atoms with Crippen molar-refractivity contribution < 1.29 is 37.9 Å². The van der Waals surface area contributed by atoms with Crippen LogP contribution in [0, 0.1) is 0 Å². The van der Waals surface area contributed by atoms with Gasteiger partial charge in [0.15, 0.2) is 6.10 Å². The number of hydrogen-bond donors (Lipinski definition) is 2. The number of ether oxygens (including phenoxy) is 2. The Kier molecular flexibility index (Phi) is 32.1. The third-order valence-corrected chi connectivity index (χ3v) is 7.39. The minimum absolute atomic E-state index is 0.150. The molecule has 0 aromatic heterocycles. The van der Waals surface area contributed by atoms with Crippen molar-refractivity contribution >= 4 is 19.8 Å². The van der Waals surface area contributed by atoms with Gasteiger partial charge in [-0.05, 0) is 83.5 Å². The average Bonchev–Trinajstić information content (AvgIpc) is 3.05. The van der Waals surface area contributed by atoms with Crippen molar-refractivity contribution in [3.8, 4) is 0 Å². The molecule has 0 aromatic carbocycles. The van der Waals surface area contributed by atoms with Crippen molar-refractivity contribution in [1.82, 2.24) is 0 Å². The normalized spacial score (nSPS) is 13.5. The summed E-state index contributed by atoms with van der Waals surface area (Å²) < 4.78 is 26.2. The van der Waals surface area contributed by atoms with E-state index in [1.54, 1.807) is 0 Å². The number of unbranched alkanes of at least 4 members (excludes halogenated alkanes) is 7. The molecule has 2 N–H and O–H groups in total. The minimum Gasteiger partial charge on any atom is -0.462 e. The Labute approximate surface area is 291 Å². The second kappa shape index (κ2) is 34.1. The molecular weight excluding hydrogens is 627 g/mol. The molecule has 0 rings (SSSR count).